The van der Waals surface area contributed by atoms with E-state index in [1.54, 1.807) is 19.1 Å². The number of halogens is 2. The van der Waals surface area contributed by atoms with Crippen molar-refractivity contribution in [1.82, 2.24) is 10.6 Å². The van der Waals surface area contributed by atoms with Gasteiger partial charge in [-0.05, 0) is 38.1 Å². The largest absolute Gasteiger partial charge is 0.464 e. The van der Waals surface area contributed by atoms with Crippen LogP contribution in [-0.4, -0.2) is 18.4 Å². The van der Waals surface area contributed by atoms with Gasteiger partial charge >= 0.3 is 0 Å². The average Bonchev–Trinajstić information content (AvgIpc) is 2.93. The van der Waals surface area contributed by atoms with E-state index in [1.807, 2.05) is 6.92 Å². The fraction of sp³-hybridized carbons (Fsp3) is 0.294. The van der Waals surface area contributed by atoms with Gasteiger partial charge < -0.3 is 15.1 Å². The van der Waals surface area contributed by atoms with Crippen molar-refractivity contribution in [3.63, 3.8) is 0 Å². The number of hydrogen-bond donors (Lipinski definition) is 2. The van der Waals surface area contributed by atoms with Crippen molar-refractivity contribution in [2.24, 2.45) is 0 Å². The first-order valence-electron chi connectivity index (χ1n) is 7.45. The number of amides is 2. The number of carbonyl (C=O) groups excluding carboxylic acids is 2. The van der Waals surface area contributed by atoms with Gasteiger partial charge in [0.1, 0.15) is 23.2 Å². The molecule has 0 spiro atoms. The maximum Gasteiger partial charge on any atom is 0.254 e. The second-order valence-corrected chi connectivity index (χ2v) is 5.37. The summed E-state index contributed by atoms with van der Waals surface area (Å²) in [5.41, 5.74) is -0.267. The second kappa shape index (κ2) is 7.72. The molecule has 2 N–H and O–H groups in total. The summed E-state index contributed by atoms with van der Waals surface area (Å²) in [7, 11) is 0. The van der Waals surface area contributed by atoms with Crippen LogP contribution in [0.15, 0.2) is 34.7 Å². The zero-order chi connectivity index (χ0) is 17.7. The molecule has 0 fully saturated rings. The highest BCUT2D eigenvalue weighted by molar-refractivity contribution is 5.94. The minimum absolute atomic E-state index is 0.0264. The van der Waals surface area contributed by atoms with Crippen LogP contribution < -0.4 is 10.6 Å². The van der Waals surface area contributed by atoms with Gasteiger partial charge in [0.25, 0.3) is 5.91 Å². The van der Waals surface area contributed by atoms with Gasteiger partial charge in [0.2, 0.25) is 5.91 Å². The molecule has 0 aliphatic rings. The van der Waals surface area contributed by atoms with E-state index in [2.05, 4.69) is 10.6 Å². The lowest BCUT2D eigenvalue weighted by molar-refractivity contribution is -0.121. The number of furan rings is 1. The lowest BCUT2D eigenvalue weighted by atomic mass is 10.2. The summed E-state index contributed by atoms with van der Waals surface area (Å²) in [6.45, 7) is 3.62. The second-order valence-electron chi connectivity index (χ2n) is 5.37. The summed E-state index contributed by atoms with van der Waals surface area (Å²) in [5.74, 6) is -1.30. The van der Waals surface area contributed by atoms with E-state index in [0.717, 1.165) is 17.9 Å². The van der Waals surface area contributed by atoms with Crippen molar-refractivity contribution in [3.05, 3.63) is 59.1 Å². The summed E-state index contributed by atoms with van der Waals surface area (Å²) < 4.78 is 31.7. The Morgan fingerprint density at radius 2 is 1.96 bits per heavy atom. The maximum absolute atomic E-state index is 13.5. The van der Waals surface area contributed by atoms with Crippen LogP contribution in [0.5, 0.6) is 0 Å². The van der Waals surface area contributed by atoms with E-state index in [4.69, 9.17) is 4.42 Å². The number of aryl methyl sites for hydroxylation is 1. The molecule has 1 aromatic carbocycles. The Morgan fingerprint density at radius 1 is 1.21 bits per heavy atom. The molecular weight excluding hydrogens is 318 g/mol. The molecule has 24 heavy (non-hydrogen) atoms. The van der Waals surface area contributed by atoms with Crippen molar-refractivity contribution >= 4 is 11.8 Å². The first-order valence-corrected chi connectivity index (χ1v) is 7.45. The van der Waals surface area contributed by atoms with Crippen LogP contribution in [-0.2, 0) is 4.79 Å². The summed E-state index contributed by atoms with van der Waals surface area (Å²) in [4.78, 5) is 23.6. The minimum atomic E-state index is -0.946. The number of carbonyl (C=O) groups is 2. The van der Waals surface area contributed by atoms with Gasteiger partial charge in [-0.15, -0.1) is 0 Å². The van der Waals surface area contributed by atoms with Crippen molar-refractivity contribution in [1.29, 1.82) is 0 Å². The summed E-state index contributed by atoms with van der Waals surface area (Å²) in [5, 5.41) is 5.16. The molecule has 1 unspecified atom stereocenters. The highest BCUT2D eigenvalue weighted by atomic mass is 19.1. The normalized spacial score (nSPS) is 11.8. The third kappa shape index (κ3) is 4.65. The number of benzene rings is 1. The Morgan fingerprint density at radius 3 is 2.58 bits per heavy atom. The average molecular weight is 336 g/mol. The molecule has 1 atom stereocenters. The molecule has 2 amide bonds. The smallest absolute Gasteiger partial charge is 0.254 e. The molecule has 2 rings (SSSR count). The molecule has 0 aliphatic heterocycles. The zero-order valence-corrected chi connectivity index (χ0v) is 13.4. The lowest BCUT2D eigenvalue weighted by Gasteiger charge is -2.12. The molecule has 7 heteroatoms. The predicted molar refractivity (Wildman–Crippen MR) is 83.3 cm³/mol. The third-order valence-electron chi connectivity index (χ3n) is 3.38. The van der Waals surface area contributed by atoms with Crippen LogP contribution in [0.1, 0.15) is 41.3 Å². The van der Waals surface area contributed by atoms with Gasteiger partial charge in [-0.3, -0.25) is 9.59 Å². The molecule has 0 bridgehead atoms. The maximum atomic E-state index is 13.5. The molecule has 0 aliphatic carbocycles. The van der Waals surface area contributed by atoms with Crippen molar-refractivity contribution < 1.29 is 22.8 Å². The molecule has 0 radical (unpaired) electrons. The van der Waals surface area contributed by atoms with E-state index >= 15 is 0 Å². The topological polar surface area (TPSA) is 71.3 Å². The molecule has 1 heterocycles. The number of hydrogen-bond acceptors (Lipinski definition) is 3. The van der Waals surface area contributed by atoms with Crippen LogP contribution >= 0.6 is 0 Å². The van der Waals surface area contributed by atoms with E-state index in [0.29, 0.717) is 11.8 Å². The molecule has 1 aromatic heterocycles. The summed E-state index contributed by atoms with van der Waals surface area (Å²) in [6.07, 6.45) is 0.0264. The van der Waals surface area contributed by atoms with Gasteiger partial charge in [0.15, 0.2) is 0 Å². The fourth-order valence-corrected chi connectivity index (χ4v) is 2.13. The van der Waals surface area contributed by atoms with E-state index in [1.165, 1.54) is 0 Å². The van der Waals surface area contributed by atoms with Gasteiger partial charge in [-0.2, -0.15) is 0 Å². The van der Waals surface area contributed by atoms with Gasteiger partial charge in [-0.1, -0.05) is 0 Å². The summed E-state index contributed by atoms with van der Waals surface area (Å²) >= 11 is 0. The van der Waals surface area contributed by atoms with Crippen molar-refractivity contribution in [3.8, 4) is 0 Å². The first-order chi connectivity index (χ1) is 11.4. The first kappa shape index (κ1) is 17.7. The van der Waals surface area contributed by atoms with Gasteiger partial charge in [-0.25, -0.2) is 8.78 Å². The van der Waals surface area contributed by atoms with E-state index < -0.39 is 17.5 Å². The van der Waals surface area contributed by atoms with Crippen LogP contribution in [0, 0.1) is 18.6 Å². The Labute approximate surface area is 138 Å². The fourth-order valence-electron chi connectivity index (χ4n) is 2.13. The van der Waals surface area contributed by atoms with Crippen molar-refractivity contribution in [2.75, 3.05) is 6.54 Å². The molecule has 5 nitrogen and oxygen atoms in total. The lowest BCUT2D eigenvalue weighted by Crippen LogP contribution is -2.32. The standard InChI is InChI=1S/C17H18F2N2O3/c1-10-3-6-15(24-10)11(2)21-16(22)7-8-20-17(23)13-5-4-12(18)9-14(13)19/h3-6,9,11H,7-8H2,1-2H3,(H,20,23)(H,21,22). The SMILES string of the molecule is Cc1ccc(C(C)NC(=O)CCNC(=O)c2ccc(F)cc2F)o1. The Balaban J connectivity index is 1.78. The van der Waals surface area contributed by atoms with Crippen LogP contribution in [0.25, 0.3) is 0 Å². The monoisotopic (exact) mass is 336 g/mol. The predicted octanol–water partition coefficient (Wildman–Crippen LogP) is 2.86. The van der Waals surface area contributed by atoms with Gasteiger partial charge in [0, 0.05) is 19.0 Å². The highest BCUT2D eigenvalue weighted by Crippen LogP contribution is 2.15. The van der Waals surface area contributed by atoms with Crippen molar-refractivity contribution in [2.45, 2.75) is 26.3 Å². The Hall–Kier alpha value is -2.70. The highest BCUT2D eigenvalue weighted by Gasteiger charge is 2.15. The van der Waals surface area contributed by atoms with Crippen LogP contribution in [0.4, 0.5) is 8.78 Å². The third-order valence-corrected chi connectivity index (χ3v) is 3.38. The zero-order valence-electron chi connectivity index (χ0n) is 13.4. The van der Waals surface area contributed by atoms with Crippen LogP contribution in [0.2, 0.25) is 0 Å². The number of rotatable bonds is 6. The molecule has 2 aromatic rings. The summed E-state index contributed by atoms with van der Waals surface area (Å²) in [6, 6.07) is 5.97. The number of nitrogens with one attached hydrogen (secondary N) is 2. The van der Waals surface area contributed by atoms with E-state index in [-0.39, 0.29) is 30.5 Å². The molecular formula is C17H18F2N2O3. The Bertz CT molecular complexity index is 743. The Kier molecular flexibility index (Phi) is 5.68. The molecule has 0 saturated carbocycles. The van der Waals surface area contributed by atoms with Gasteiger partial charge in [0.05, 0.1) is 11.6 Å². The quantitative estimate of drug-likeness (QED) is 0.852. The van der Waals surface area contributed by atoms with Crippen LogP contribution in [0.3, 0.4) is 0 Å². The molecule has 128 valence electrons. The molecule has 0 saturated heterocycles. The minimum Gasteiger partial charge on any atom is -0.464 e. The van der Waals surface area contributed by atoms with E-state index in [9.17, 15) is 18.4 Å².